The Bertz CT molecular complexity index is 915. The van der Waals surface area contributed by atoms with E-state index in [4.69, 9.17) is 11.6 Å². The lowest BCUT2D eigenvalue weighted by Crippen LogP contribution is -2.28. The van der Waals surface area contributed by atoms with Crippen LogP contribution in [0.15, 0.2) is 40.9 Å². The van der Waals surface area contributed by atoms with Gasteiger partial charge >= 0.3 is 0 Å². The molecule has 0 atom stereocenters. The predicted molar refractivity (Wildman–Crippen MR) is 84.8 cm³/mol. The van der Waals surface area contributed by atoms with Crippen molar-refractivity contribution in [1.82, 2.24) is 9.38 Å². The second-order valence-electron chi connectivity index (χ2n) is 4.52. The van der Waals surface area contributed by atoms with Crippen molar-refractivity contribution in [2.24, 2.45) is 0 Å². The maximum Gasteiger partial charge on any atom is 0.283 e. The molecule has 0 N–H and O–H groups in total. The van der Waals surface area contributed by atoms with Gasteiger partial charge in [-0.1, -0.05) is 29.8 Å². The van der Waals surface area contributed by atoms with Gasteiger partial charge in [0.2, 0.25) is 0 Å². The monoisotopic (exact) mass is 341 g/mol. The molecule has 0 aliphatic rings. The molecule has 0 bridgehead atoms. The summed E-state index contributed by atoms with van der Waals surface area (Å²) in [5.74, 6) is 0. The van der Waals surface area contributed by atoms with E-state index in [0.717, 1.165) is 5.56 Å². The molecule has 3 aromatic rings. The third-order valence-electron chi connectivity index (χ3n) is 3.24. The molecular formula is C13H12ClN3O2S2. The molecule has 0 fully saturated rings. The fourth-order valence-corrected chi connectivity index (χ4v) is 4.81. The number of nitrogens with zero attached hydrogens (tertiary/aromatic N) is 3. The second-order valence-corrected chi connectivity index (χ2v) is 7.64. The number of para-hydroxylation sites is 1. The topological polar surface area (TPSA) is 54.7 Å². The van der Waals surface area contributed by atoms with Crippen LogP contribution >= 0.6 is 22.9 Å². The Balaban J connectivity index is 2.19. The second kappa shape index (κ2) is 5.01. The van der Waals surface area contributed by atoms with Crippen LogP contribution in [0.2, 0.25) is 5.15 Å². The van der Waals surface area contributed by atoms with Crippen molar-refractivity contribution >= 4 is 43.6 Å². The number of aromatic nitrogens is 2. The van der Waals surface area contributed by atoms with Gasteiger partial charge in [0.25, 0.3) is 10.0 Å². The summed E-state index contributed by atoms with van der Waals surface area (Å²) in [5.41, 5.74) is 1.48. The average Bonchev–Trinajstić information content (AvgIpc) is 2.97. The number of anilines is 1. The molecule has 21 heavy (non-hydrogen) atoms. The summed E-state index contributed by atoms with van der Waals surface area (Å²) in [6, 6.07) is 7.28. The quantitative estimate of drug-likeness (QED) is 0.735. The van der Waals surface area contributed by atoms with Crippen molar-refractivity contribution in [3.05, 3.63) is 46.6 Å². The van der Waals surface area contributed by atoms with Crippen LogP contribution in [0.4, 0.5) is 5.69 Å². The molecule has 2 heterocycles. The van der Waals surface area contributed by atoms with Crippen LogP contribution < -0.4 is 4.31 Å². The van der Waals surface area contributed by atoms with Crippen molar-refractivity contribution in [2.45, 2.75) is 11.9 Å². The van der Waals surface area contributed by atoms with E-state index in [0.29, 0.717) is 10.6 Å². The Morgan fingerprint density at radius 3 is 2.76 bits per heavy atom. The lowest BCUT2D eigenvalue weighted by molar-refractivity contribution is 0.589. The van der Waals surface area contributed by atoms with Gasteiger partial charge in [-0.2, -0.15) is 8.42 Å². The number of imidazole rings is 1. The summed E-state index contributed by atoms with van der Waals surface area (Å²) in [4.78, 5) is 4.63. The number of aryl methyl sites for hydroxylation is 1. The Hall–Kier alpha value is -1.57. The lowest BCUT2D eigenvalue weighted by atomic mass is 10.2. The third-order valence-corrected chi connectivity index (χ3v) is 6.17. The maximum absolute atomic E-state index is 12.9. The molecule has 110 valence electrons. The van der Waals surface area contributed by atoms with Crippen molar-refractivity contribution in [3.8, 4) is 0 Å². The van der Waals surface area contributed by atoms with Crippen LogP contribution in [-0.4, -0.2) is 24.9 Å². The summed E-state index contributed by atoms with van der Waals surface area (Å²) >= 11 is 7.37. The molecule has 1 aromatic carbocycles. The number of sulfonamides is 1. The summed E-state index contributed by atoms with van der Waals surface area (Å²) in [7, 11) is -2.28. The smallest absolute Gasteiger partial charge is 0.278 e. The first kappa shape index (κ1) is 14.4. The van der Waals surface area contributed by atoms with Gasteiger partial charge in [0.15, 0.2) is 15.1 Å². The third kappa shape index (κ3) is 2.21. The van der Waals surface area contributed by atoms with Gasteiger partial charge in [-0.15, -0.1) is 11.3 Å². The number of halogens is 1. The normalized spacial score (nSPS) is 12.0. The van der Waals surface area contributed by atoms with E-state index in [2.05, 4.69) is 4.98 Å². The number of fused-ring (bicyclic) bond motifs is 1. The zero-order valence-electron chi connectivity index (χ0n) is 11.3. The molecule has 0 radical (unpaired) electrons. The van der Waals surface area contributed by atoms with Gasteiger partial charge < -0.3 is 0 Å². The SMILES string of the molecule is Cc1ccccc1N(C)S(=O)(=O)c1c(Cl)nc2sccn12. The summed E-state index contributed by atoms with van der Waals surface area (Å²) in [5, 5.41) is 1.75. The van der Waals surface area contributed by atoms with Gasteiger partial charge in [-0.3, -0.25) is 8.71 Å². The molecule has 0 unspecified atom stereocenters. The highest BCUT2D eigenvalue weighted by Gasteiger charge is 2.30. The van der Waals surface area contributed by atoms with E-state index < -0.39 is 10.0 Å². The lowest BCUT2D eigenvalue weighted by Gasteiger charge is -2.20. The fraction of sp³-hybridized carbons (Fsp3) is 0.154. The van der Waals surface area contributed by atoms with E-state index >= 15 is 0 Å². The summed E-state index contributed by atoms with van der Waals surface area (Å²) < 4.78 is 28.5. The minimum Gasteiger partial charge on any atom is -0.278 e. The van der Waals surface area contributed by atoms with Gasteiger partial charge in [-0.05, 0) is 18.6 Å². The van der Waals surface area contributed by atoms with Crippen molar-refractivity contribution < 1.29 is 8.42 Å². The van der Waals surface area contributed by atoms with Crippen LogP contribution in [0.1, 0.15) is 5.56 Å². The summed E-state index contributed by atoms with van der Waals surface area (Å²) in [6.45, 7) is 1.86. The Morgan fingerprint density at radius 1 is 1.33 bits per heavy atom. The number of hydrogen-bond donors (Lipinski definition) is 0. The van der Waals surface area contributed by atoms with Crippen molar-refractivity contribution in [3.63, 3.8) is 0 Å². The van der Waals surface area contributed by atoms with E-state index in [9.17, 15) is 8.42 Å². The van der Waals surface area contributed by atoms with Gasteiger partial charge in [0.05, 0.1) is 5.69 Å². The van der Waals surface area contributed by atoms with Gasteiger partial charge in [0.1, 0.15) is 0 Å². The maximum atomic E-state index is 12.9. The Labute approximate surface area is 131 Å². The molecule has 0 amide bonds. The van der Waals surface area contributed by atoms with E-state index in [1.54, 1.807) is 23.7 Å². The van der Waals surface area contributed by atoms with E-state index in [1.165, 1.54) is 27.1 Å². The Morgan fingerprint density at radius 2 is 2.05 bits per heavy atom. The van der Waals surface area contributed by atoms with E-state index in [-0.39, 0.29) is 10.2 Å². The molecule has 3 rings (SSSR count). The van der Waals surface area contributed by atoms with Crippen molar-refractivity contribution in [2.75, 3.05) is 11.4 Å². The van der Waals surface area contributed by atoms with Crippen LogP contribution in [0.5, 0.6) is 0 Å². The van der Waals surface area contributed by atoms with Crippen LogP contribution in [0, 0.1) is 6.92 Å². The highest BCUT2D eigenvalue weighted by atomic mass is 35.5. The Kier molecular flexibility index (Phi) is 3.43. The molecule has 5 nitrogen and oxygen atoms in total. The number of hydrogen-bond acceptors (Lipinski definition) is 4. The van der Waals surface area contributed by atoms with Crippen LogP contribution in [0.3, 0.4) is 0 Å². The highest BCUT2D eigenvalue weighted by molar-refractivity contribution is 7.92. The molecule has 0 saturated carbocycles. The molecule has 8 heteroatoms. The number of rotatable bonds is 3. The largest absolute Gasteiger partial charge is 0.283 e. The van der Waals surface area contributed by atoms with E-state index in [1.807, 2.05) is 19.1 Å². The van der Waals surface area contributed by atoms with Crippen LogP contribution in [0.25, 0.3) is 4.96 Å². The highest BCUT2D eigenvalue weighted by Crippen LogP contribution is 2.30. The van der Waals surface area contributed by atoms with Gasteiger partial charge in [-0.25, -0.2) is 4.98 Å². The van der Waals surface area contributed by atoms with Gasteiger partial charge in [0, 0.05) is 18.6 Å². The number of benzene rings is 1. The molecule has 0 aliphatic carbocycles. The molecule has 0 aliphatic heterocycles. The van der Waals surface area contributed by atoms with Crippen LogP contribution in [-0.2, 0) is 10.0 Å². The minimum atomic E-state index is -3.79. The molecular weight excluding hydrogens is 330 g/mol. The zero-order valence-corrected chi connectivity index (χ0v) is 13.7. The fourth-order valence-electron chi connectivity index (χ4n) is 2.15. The number of thiazole rings is 1. The zero-order chi connectivity index (χ0) is 15.2. The first-order chi connectivity index (χ1) is 9.93. The molecule has 0 saturated heterocycles. The summed E-state index contributed by atoms with van der Waals surface area (Å²) in [6.07, 6.45) is 1.65. The standard InChI is InChI=1S/C13H12ClN3O2S2/c1-9-5-3-4-6-10(9)16(2)21(18,19)12-11(14)15-13-17(12)7-8-20-13/h3-8H,1-2H3. The first-order valence-corrected chi connectivity index (χ1v) is 8.78. The minimum absolute atomic E-state index is 0.00818. The first-order valence-electron chi connectivity index (χ1n) is 6.08. The molecule has 2 aromatic heterocycles. The predicted octanol–water partition coefficient (Wildman–Crippen LogP) is 3.18. The molecule has 0 spiro atoms. The van der Waals surface area contributed by atoms with Crippen molar-refractivity contribution in [1.29, 1.82) is 0 Å². The average molecular weight is 342 g/mol.